The summed E-state index contributed by atoms with van der Waals surface area (Å²) in [5, 5.41) is 12.3. The standard InChI is InChI=1S/C19H31N7O3S2/c1-13(2)11-21-16-15-12-22-26(17(15)24-19(23-16)30-3)10-7-20-18(27)14-5-8-25(9-6-14)31(4,28)29/h12-14H,5-11H2,1-4H3,(H,20,27)(H,21,23,24). The molecule has 1 amide bonds. The summed E-state index contributed by atoms with van der Waals surface area (Å²) in [6.45, 7) is 6.78. The van der Waals surface area contributed by atoms with Crippen molar-refractivity contribution in [2.75, 3.05) is 44.0 Å². The van der Waals surface area contributed by atoms with Crippen LogP contribution in [0.15, 0.2) is 11.4 Å². The summed E-state index contributed by atoms with van der Waals surface area (Å²) in [4.78, 5) is 21.7. The Kier molecular flexibility index (Phi) is 7.76. The third-order valence-electron chi connectivity index (χ3n) is 5.25. The van der Waals surface area contributed by atoms with Crippen LogP contribution in [0.4, 0.5) is 5.82 Å². The Labute approximate surface area is 187 Å². The molecule has 0 spiro atoms. The Balaban J connectivity index is 1.60. The van der Waals surface area contributed by atoms with Crippen LogP contribution in [0, 0.1) is 11.8 Å². The Morgan fingerprint density at radius 3 is 2.61 bits per heavy atom. The Morgan fingerprint density at radius 1 is 1.29 bits per heavy atom. The fraction of sp³-hybridized carbons (Fsp3) is 0.684. The van der Waals surface area contributed by atoms with Crippen molar-refractivity contribution in [3.05, 3.63) is 6.20 Å². The first-order chi connectivity index (χ1) is 14.7. The van der Waals surface area contributed by atoms with E-state index < -0.39 is 10.0 Å². The average Bonchev–Trinajstić information content (AvgIpc) is 3.14. The normalized spacial score (nSPS) is 16.2. The summed E-state index contributed by atoms with van der Waals surface area (Å²) >= 11 is 1.47. The number of nitrogens with one attached hydrogen (secondary N) is 2. The molecule has 31 heavy (non-hydrogen) atoms. The first-order valence-corrected chi connectivity index (χ1v) is 13.5. The summed E-state index contributed by atoms with van der Waals surface area (Å²) in [5.41, 5.74) is 0.737. The number of amides is 1. The molecule has 1 fully saturated rings. The van der Waals surface area contributed by atoms with E-state index in [1.807, 2.05) is 6.26 Å². The van der Waals surface area contributed by atoms with Crippen molar-refractivity contribution in [2.24, 2.45) is 11.8 Å². The lowest BCUT2D eigenvalue weighted by Crippen LogP contribution is -2.43. The van der Waals surface area contributed by atoms with Gasteiger partial charge in [0.05, 0.1) is 24.4 Å². The van der Waals surface area contributed by atoms with Crippen LogP contribution in [-0.4, -0.2) is 77.1 Å². The van der Waals surface area contributed by atoms with Crippen LogP contribution in [0.1, 0.15) is 26.7 Å². The number of aromatic nitrogens is 4. The lowest BCUT2D eigenvalue weighted by Gasteiger charge is -2.29. The van der Waals surface area contributed by atoms with E-state index >= 15 is 0 Å². The summed E-state index contributed by atoms with van der Waals surface area (Å²) in [6.07, 6.45) is 5.98. The van der Waals surface area contributed by atoms with E-state index in [9.17, 15) is 13.2 Å². The molecule has 0 bridgehead atoms. The molecule has 2 N–H and O–H groups in total. The van der Waals surface area contributed by atoms with Gasteiger partial charge >= 0.3 is 0 Å². The minimum absolute atomic E-state index is 0.0386. The maximum Gasteiger partial charge on any atom is 0.223 e. The molecule has 2 aromatic heterocycles. The second-order valence-electron chi connectivity index (χ2n) is 8.17. The van der Waals surface area contributed by atoms with Gasteiger partial charge in [-0.15, -0.1) is 0 Å². The van der Waals surface area contributed by atoms with Gasteiger partial charge in [0.2, 0.25) is 15.9 Å². The first-order valence-electron chi connectivity index (χ1n) is 10.4. The molecule has 0 aromatic carbocycles. The van der Waals surface area contributed by atoms with Crippen LogP contribution >= 0.6 is 11.8 Å². The number of fused-ring (bicyclic) bond motifs is 1. The van der Waals surface area contributed by atoms with Gasteiger partial charge in [0.1, 0.15) is 5.82 Å². The van der Waals surface area contributed by atoms with Gasteiger partial charge in [-0.25, -0.2) is 27.4 Å². The number of rotatable bonds is 9. The van der Waals surface area contributed by atoms with Crippen LogP contribution in [-0.2, 0) is 21.4 Å². The maximum atomic E-state index is 12.5. The van der Waals surface area contributed by atoms with Gasteiger partial charge in [0, 0.05) is 32.1 Å². The molecule has 0 unspecified atom stereocenters. The third-order valence-corrected chi connectivity index (χ3v) is 7.10. The van der Waals surface area contributed by atoms with Gasteiger partial charge in [-0.05, 0) is 25.0 Å². The highest BCUT2D eigenvalue weighted by Crippen LogP contribution is 2.24. The topological polar surface area (TPSA) is 122 Å². The number of carbonyl (C=O) groups excluding carboxylic acids is 1. The molecule has 2 aromatic rings. The fourth-order valence-electron chi connectivity index (χ4n) is 3.50. The molecule has 1 aliphatic heterocycles. The molecule has 3 rings (SSSR count). The SMILES string of the molecule is CSc1nc(NCC(C)C)c2cnn(CCNC(=O)C3CCN(S(C)(=O)=O)CC3)c2n1. The van der Waals surface area contributed by atoms with E-state index in [2.05, 4.69) is 39.5 Å². The Hall–Kier alpha value is -1.92. The zero-order chi connectivity index (χ0) is 22.6. The minimum Gasteiger partial charge on any atom is -0.369 e. The number of sulfonamides is 1. The summed E-state index contributed by atoms with van der Waals surface area (Å²) < 4.78 is 26.4. The Bertz CT molecular complexity index is 1010. The van der Waals surface area contributed by atoms with Gasteiger partial charge in [-0.3, -0.25) is 4.79 Å². The van der Waals surface area contributed by atoms with Crippen molar-refractivity contribution < 1.29 is 13.2 Å². The molecular weight excluding hydrogens is 438 g/mol. The molecule has 1 aliphatic rings. The molecular formula is C19H31N7O3S2. The maximum absolute atomic E-state index is 12.5. The van der Waals surface area contributed by atoms with E-state index in [4.69, 9.17) is 0 Å². The van der Waals surface area contributed by atoms with Crippen molar-refractivity contribution >= 4 is 44.5 Å². The predicted molar refractivity (Wildman–Crippen MR) is 123 cm³/mol. The van der Waals surface area contributed by atoms with E-state index in [0.717, 1.165) is 23.4 Å². The molecule has 0 radical (unpaired) electrons. The number of hydrogen-bond acceptors (Lipinski definition) is 8. The van der Waals surface area contributed by atoms with Crippen LogP contribution in [0.3, 0.4) is 0 Å². The van der Waals surface area contributed by atoms with Crippen LogP contribution < -0.4 is 10.6 Å². The molecule has 1 saturated heterocycles. The van der Waals surface area contributed by atoms with Gasteiger partial charge in [-0.1, -0.05) is 25.6 Å². The zero-order valence-corrected chi connectivity index (χ0v) is 20.1. The summed E-state index contributed by atoms with van der Waals surface area (Å²) in [6, 6.07) is 0. The predicted octanol–water partition coefficient (Wildman–Crippen LogP) is 1.40. The molecule has 172 valence electrons. The van der Waals surface area contributed by atoms with Gasteiger partial charge in [0.15, 0.2) is 10.8 Å². The van der Waals surface area contributed by atoms with Crippen LogP contribution in [0.25, 0.3) is 11.0 Å². The number of hydrogen-bond donors (Lipinski definition) is 2. The molecule has 10 nitrogen and oxygen atoms in total. The highest BCUT2D eigenvalue weighted by atomic mass is 32.2. The largest absolute Gasteiger partial charge is 0.369 e. The number of piperidine rings is 1. The lowest BCUT2D eigenvalue weighted by molar-refractivity contribution is -0.126. The first kappa shape index (κ1) is 23.7. The van der Waals surface area contributed by atoms with Crippen molar-refractivity contribution in [1.82, 2.24) is 29.4 Å². The van der Waals surface area contributed by atoms with E-state index in [0.29, 0.717) is 50.1 Å². The van der Waals surface area contributed by atoms with E-state index in [-0.39, 0.29) is 11.8 Å². The zero-order valence-electron chi connectivity index (χ0n) is 18.5. The molecule has 12 heteroatoms. The average molecular weight is 470 g/mol. The lowest BCUT2D eigenvalue weighted by atomic mass is 9.97. The van der Waals surface area contributed by atoms with Crippen LogP contribution in [0.2, 0.25) is 0 Å². The third kappa shape index (κ3) is 6.07. The van der Waals surface area contributed by atoms with Crippen molar-refractivity contribution in [3.63, 3.8) is 0 Å². The molecule has 0 aliphatic carbocycles. The van der Waals surface area contributed by atoms with Crippen molar-refractivity contribution in [3.8, 4) is 0 Å². The second-order valence-corrected chi connectivity index (χ2v) is 10.9. The van der Waals surface area contributed by atoms with E-state index in [1.165, 1.54) is 22.3 Å². The molecule has 0 atom stereocenters. The second kappa shape index (κ2) is 10.1. The highest BCUT2D eigenvalue weighted by molar-refractivity contribution is 7.98. The number of carbonyl (C=O) groups is 1. The monoisotopic (exact) mass is 469 g/mol. The number of thioether (sulfide) groups is 1. The summed E-state index contributed by atoms with van der Waals surface area (Å²) in [7, 11) is -3.19. The smallest absolute Gasteiger partial charge is 0.223 e. The minimum atomic E-state index is -3.19. The molecule has 0 saturated carbocycles. The van der Waals surface area contributed by atoms with Crippen LogP contribution in [0.5, 0.6) is 0 Å². The van der Waals surface area contributed by atoms with E-state index in [1.54, 1.807) is 10.9 Å². The fourth-order valence-corrected chi connectivity index (χ4v) is 4.74. The van der Waals surface area contributed by atoms with Gasteiger partial charge < -0.3 is 10.6 Å². The number of nitrogens with zero attached hydrogens (tertiary/aromatic N) is 5. The van der Waals surface area contributed by atoms with Crippen molar-refractivity contribution in [1.29, 1.82) is 0 Å². The highest BCUT2D eigenvalue weighted by Gasteiger charge is 2.28. The summed E-state index contributed by atoms with van der Waals surface area (Å²) in [5.74, 6) is 1.06. The van der Waals surface area contributed by atoms with Gasteiger partial charge in [-0.2, -0.15) is 5.10 Å². The van der Waals surface area contributed by atoms with Crippen molar-refractivity contribution in [2.45, 2.75) is 38.4 Å². The number of anilines is 1. The quantitative estimate of drug-likeness (QED) is 0.417. The molecule has 3 heterocycles. The van der Waals surface area contributed by atoms with Gasteiger partial charge in [0.25, 0.3) is 0 Å². The Morgan fingerprint density at radius 2 is 2.00 bits per heavy atom.